The molecule has 1 N–H and O–H groups in total. The zero-order chi connectivity index (χ0) is 6.69. The Balaban J connectivity index is 2.57. The average molecular weight is 144 g/mol. The first-order chi connectivity index (χ1) is 4.30. The summed E-state index contributed by atoms with van der Waals surface area (Å²) in [6.45, 7) is 0.713. The second-order valence-corrected chi connectivity index (χ2v) is 2.59. The van der Waals surface area contributed by atoms with Gasteiger partial charge < -0.3 is 15.2 Å². The summed E-state index contributed by atoms with van der Waals surface area (Å²) in [5.41, 5.74) is 0.200. The van der Waals surface area contributed by atoms with E-state index in [1.807, 2.05) is 0 Å². The van der Waals surface area contributed by atoms with Gasteiger partial charge in [-0.1, -0.05) is 0 Å². The molecule has 0 amide bonds. The molecule has 0 aromatic carbocycles. The first-order valence-electron chi connectivity index (χ1n) is 2.57. The van der Waals surface area contributed by atoms with Gasteiger partial charge in [0.15, 0.2) is 0 Å². The maximum atomic E-state index is 10.1. The Morgan fingerprint density at radius 2 is 2.67 bits per heavy atom. The summed E-state index contributed by atoms with van der Waals surface area (Å²) in [5.74, 6) is -0.196. The number of aliphatic carboxylic acids is 1. The minimum Gasteiger partial charge on any atom is -0.543 e. The molecular formula is C5H6NO2S-. The molecule has 0 saturated heterocycles. The van der Waals surface area contributed by atoms with Gasteiger partial charge in [-0.2, -0.15) is 0 Å². The fourth-order valence-corrected chi connectivity index (χ4v) is 1.23. The van der Waals surface area contributed by atoms with E-state index in [0.717, 1.165) is 5.75 Å². The number of carbonyl (C=O) groups excluding carboxylic acids is 1. The van der Waals surface area contributed by atoms with Crippen LogP contribution in [0, 0.1) is 0 Å². The van der Waals surface area contributed by atoms with E-state index >= 15 is 0 Å². The minimum atomic E-state index is -1.12. The van der Waals surface area contributed by atoms with E-state index in [0.29, 0.717) is 6.54 Å². The lowest BCUT2D eigenvalue weighted by molar-refractivity contribution is -0.299. The van der Waals surface area contributed by atoms with Crippen molar-refractivity contribution in [3.63, 3.8) is 0 Å². The summed E-state index contributed by atoms with van der Waals surface area (Å²) >= 11 is 1.49. The number of thioether (sulfide) groups is 1. The molecular weight excluding hydrogens is 138 g/mol. The van der Waals surface area contributed by atoms with Gasteiger partial charge in [-0.15, -0.1) is 11.8 Å². The molecule has 0 aromatic rings. The number of carboxylic acid groups (broad SMARTS) is 1. The molecule has 0 radical (unpaired) electrons. The van der Waals surface area contributed by atoms with Crippen molar-refractivity contribution in [3.05, 3.63) is 11.1 Å². The molecule has 0 saturated carbocycles. The van der Waals surface area contributed by atoms with E-state index in [4.69, 9.17) is 0 Å². The van der Waals surface area contributed by atoms with E-state index in [-0.39, 0.29) is 5.70 Å². The van der Waals surface area contributed by atoms with Crippen LogP contribution in [0.5, 0.6) is 0 Å². The highest BCUT2D eigenvalue weighted by Crippen LogP contribution is 2.08. The Bertz CT molecular complexity index is 155. The minimum absolute atomic E-state index is 0.200. The van der Waals surface area contributed by atoms with Crippen LogP contribution >= 0.6 is 11.8 Å². The molecule has 0 atom stereocenters. The average Bonchev–Trinajstić information content (AvgIpc) is 1.90. The molecule has 1 heterocycles. The number of nitrogens with one attached hydrogen (secondary N) is 1. The SMILES string of the molecule is O=C([O-])C1=CSCCN1. The monoisotopic (exact) mass is 144 g/mol. The van der Waals surface area contributed by atoms with Crippen molar-refractivity contribution in [1.29, 1.82) is 0 Å². The molecule has 0 spiro atoms. The van der Waals surface area contributed by atoms with Gasteiger partial charge in [0.1, 0.15) is 0 Å². The van der Waals surface area contributed by atoms with Gasteiger partial charge in [0, 0.05) is 12.3 Å². The maximum absolute atomic E-state index is 10.1. The maximum Gasteiger partial charge on any atom is 0.0880 e. The van der Waals surface area contributed by atoms with Gasteiger partial charge in [-0.3, -0.25) is 0 Å². The number of hydrogen-bond donors (Lipinski definition) is 1. The number of carboxylic acids is 1. The van der Waals surface area contributed by atoms with Crippen LogP contribution in [0.25, 0.3) is 0 Å². The molecule has 0 fully saturated rings. The predicted octanol–water partition coefficient (Wildman–Crippen LogP) is -1.09. The largest absolute Gasteiger partial charge is 0.543 e. The van der Waals surface area contributed by atoms with Crippen LogP contribution in [0.2, 0.25) is 0 Å². The molecule has 1 aliphatic rings. The van der Waals surface area contributed by atoms with Crippen LogP contribution < -0.4 is 10.4 Å². The second-order valence-electron chi connectivity index (χ2n) is 1.62. The zero-order valence-electron chi connectivity index (χ0n) is 4.72. The molecule has 0 aromatic heterocycles. The van der Waals surface area contributed by atoms with E-state index < -0.39 is 5.97 Å². The normalized spacial score (nSPS) is 18.0. The third-order valence-electron chi connectivity index (χ3n) is 0.956. The van der Waals surface area contributed by atoms with Crippen molar-refractivity contribution >= 4 is 17.7 Å². The molecule has 50 valence electrons. The molecule has 4 heteroatoms. The fourth-order valence-electron chi connectivity index (χ4n) is 0.549. The summed E-state index contributed by atoms with van der Waals surface area (Å²) in [7, 11) is 0. The van der Waals surface area contributed by atoms with Gasteiger partial charge in [0.25, 0.3) is 0 Å². The van der Waals surface area contributed by atoms with Gasteiger partial charge >= 0.3 is 0 Å². The Morgan fingerprint density at radius 3 is 3.00 bits per heavy atom. The molecule has 9 heavy (non-hydrogen) atoms. The van der Waals surface area contributed by atoms with E-state index in [1.165, 1.54) is 11.8 Å². The van der Waals surface area contributed by atoms with Crippen molar-refractivity contribution in [2.24, 2.45) is 0 Å². The van der Waals surface area contributed by atoms with Crippen LogP contribution in [-0.4, -0.2) is 18.3 Å². The molecule has 0 bridgehead atoms. The second kappa shape index (κ2) is 2.77. The molecule has 3 nitrogen and oxygen atoms in total. The topological polar surface area (TPSA) is 52.2 Å². The Morgan fingerprint density at radius 1 is 1.89 bits per heavy atom. The summed E-state index contributed by atoms with van der Waals surface area (Å²) in [5, 5.41) is 14.4. The van der Waals surface area contributed by atoms with Crippen molar-refractivity contribution in [2.45, 2.75) is 0 Å². The van der Waals surface area contributed by atoms with Crippen molar-refractivity contribution in [2.75, 3.05) is 12.3 Å². The fraction of sp³-hybridized carbons (Fsp3) is 0.400. The van der Waals surface area contributed by atoms with Crippen molar-refractivity contribution in [3.8, 4) is 0 Å². The molecule has 0 aliphatic carbocycles. The highest BCUT2D eigenvalue weighted by Gasteiger charge is 2.01. The van der Waals surface area contributed by atoms with Gasteiger partial charge in [0.2, 0.25) is 0 Å². The lowest BCUT2D eigenvalue weighted by Crippen LogP contribution is -2.34. The van der Waals surface area contributed by atoms with E-state index in [2.05, 4.69) is 5.32 Å². The highest BCUT2D eigenvalue weighted by molar-refractivity contribution is 8.02. The first-order valence-corrected chi connectivity index (χ1v) is 3.62. The Hall–Kier alpha value is -0.640. The van der Waals surface area contributed by atoms with Gasteiger partial charge in [-0.05, 0) is 5.41 Å². The van der Waals surface area contributed by atoms with Crippen LogP contribution in [0.15, 0.2) is 11.1 Å². The third-order valence-corrected chi connectivity index (χ3v) is 1.80. The highest BCUT2D eigenvalue weighted by atomic mass is 32.2. The third kappa shape index (κ3) is 1.64. The molecule has 1 rings (SSSR count). The Labute approximate surface area is 57.1 Å². The summed E-state index contributed by atoms with van der Waals surface area (Å²) in [4.78, 5) is 10.1. The summed E-state index contributed by atoms with van der Waals surface area (Å²) in [6.07, 6.45) is 0. The van der Waals surface area contributed by atoms with Gasteiger partial charge in [0.05, 0.1) is 11.7 Å². The van der Waals surface area contributed by atoms with Crippen molar-refractivity contribution < 1.29 is 9.90 Å². The first kappa shape index (κ1) is 6.48. The van der Waals surface area contributed by atoms with Crippen LogP contribution in [0.1, 0.15) is 0 Å². The number of carbonyl (C=O) groups is 1. The number of hydrogen-bond acceptors (Lipinski definition) is 4. The van der Waals surface area contributed by atoms with E-state index in [9.17, 15) is 9.90 Å². The lowest BCUT2D eigenvalue weighted by Gasteiger charge is -2.14. The smallest absolute Gasteiger partial charge is 0.0880 e. The van der Waals surface area contributed by atoms with Crippen molar-refractivity contribution in [1.82, 2.24) is 5.32 Å². The van der Waals surface area contributed by atoms with Crippen LogP contribution in [-0.2, 0) is 4.79 Å². The predicted molar refractivity (Wildman–Crippen MR) is 33.6 cm³/mol. The molecule has 1 aliphatic heterocycles. The van der Waals surface area contributed by atoms with Gasteiger partial charge in [-0.25, -0.2) is 0 Å². The van der Waals surface area contributed by atoms with Crippen LogP contribution in [0.4, 0.5) is 0 Å². The standard InChI is InChI=1S/C5H7NO2S/c7-5(8)4-3-9-2-1-6-4/h3,6H,1-2H2,(H,7,8)/p-1. The Kier molecular flexibility index (Phi) is 2.00. The van der Waals surface area contributed by atoms with Crippen LogP contribution in [0.3, 0.4) is 0 Å². The van der Waals surface area contributed by atoms with E-state index in [1.54, 1.807) is 5.41 Å². The molecule has 0 unspecified atom stereocenters. The zero-order valence-corrected chi connectivity index (χ0v) is 5.53. The summed E-state index contributed by atoms with van der Waals surface area (Å²) < 4.78 is 0. The summed E-state index contributed by atoms with van der Waals surface area (Å²) in [6, 6.07) is 0. The quantitative estimate of drug-likeness (QED) is 0.508. The number of rotatable bonds is 1. The lowest BCUT2D eigenvalue weighted by atomic mass is 10.5.